The average Bonchev–Trinajstić information content (AvgIpc) is 3.03. The largest absolute Gasteiger partial charge is 0.340 e. The Morgan fingerprint density at radius 2 is 1.88 bits per heavy atom. The fourth-order valence-electron chi connectivity index (χ4n) is 2.93. The summed E-state index contributed by atoms with van der Waals surface area (Å²) in [5, 5.41) is 0. The van der Waals surface area contributed by atoms with Gasteiger partial charge in [0.15, 0.2) is 0 Å². The molecule has 136 valence electrons. The van der Waals surface area contributed by atoms with Crippen molar-refractivity contribution in [2.45, 2.75) is 45.2 Å². The highest BCUT2D eigenvalue weighted by Crippen LogP contribution is 2.15. The van der Waals surface area contributed by atoms with Crippen LogP contribution in [-0.4, -0.2) is 58.0 Å². The molecule has 2 rings (SSSR count). The highest BCUT2D eigenvalue weighted by Gasteiger charge is 2.22. The van der Waals surface area contributed by atoms with Gasteiger partial charge in [-0.05, 0) is 19.4 Å². The van der Waals surface area contributed by atoms with Crippen LogP contribution < -0.4 is 5.73 Å². The fraction of sp³-hybridized carbons (Fsp3) is 0.750. The summed E-state index contributed by atoms with van der Waals surface area (Å²) >= 11 is 0. The maximum atomic E-state index is 12.8. The maximum Gasteiger partial charge on any atom is 0.319 e. The quantitative estimate of drug-likeness (QED) is 0.695. The lowest BCUT2D eigenvalue weighted by molar-refractivity contribution is -0.133. The number of imidazole rings is 1. The Morgan fingerprint density at radius 3 is 2.54 bits per heavy atom. The number of nitrogens with zero attached hydrogens (tertiary/aromatic N) is 4. The van der Waals surface area contributed by atoms with Crippen molar-refractivity contribution in [3.63, 3.8) is 0 Å². The van der Waals surface area contributed by atoms with E-state index in [0.717, 1.165) is 30.3 Å². The van der Waals surface area contributed by atoms with Crippen LogP contribution in [0, 0.1) is 0 Å². The number of rotatable bonds is 9. The van der Waals surface area contributed by atoms with Crippen LogP contribution in [0.5, 0.6) is 0 Å². The van der Waals surface area contributed by atoms with Gasteiger partial charge in [-0.15, -0.1) is 0 Å². The molecule has 0 atom stereocenters. The molecular weight excluding hydrogens is 316 g/mol. The summed E-state index contributed by atoms with van der Waals surface area (Å²) < 4.78 is 26.5. The van der Waals surface area contributed by atoms with Crippen molar-refractivity contribution < 1.29 is 13.6 Å². The Labute approximate surface area is 141 Å². The minimum Gasteiger partial charge on any atom is -0.340 e. The van der Waals surface area contributed by atoms with Crippen LogP contribution in [0.2, 0.25) is 0 Å². The molecule has 0 aliphatic carbocycles. The first kappa shape index (κ1) is 18.8. The van der Waals surface area contributed by atoms with Gasteiger partial charge < -0.3 is 10.6 Å². The van der Waals surface area contributed by atoms with Gasteiger partial charge in [-0.25, -0.2) is 4.98 Å². The van der Waals surface area contributed by atoms with Gasteiger partial charge in [0.1, 0.15) is 5.82 Å². The van der Waals surface area contributed by atoms with Crippen LogP contribution in [0.3, 0.4) is 0 Å². The van der Waals surface area contributed by atoms with Crippen molar-refractivity contribution in [3.05, 3.63) is 18.2 Å². The Bertz CT molecular complexity index is 500. The fourth-order valence-corrected chi connectivity index (χ4v) is 2.93. The predicted molar refractivity (Wildman–Crippen MR) is 87.5 cm³/mol. The second-order valence-electron chi connectivity index (χ2n) is 6.14. The number of alkyl halides is 2. The van der Waals surface area contributed by atoms with Crippen LogP contribution in [-0.2, 0) is 11.3 Å². The lowest BCUT2D eigenvalue weighted by atomic mass is 10.1. The van der Waals surface area contributed by atoms with Crippen LogP contribution in [0.15, 0.2) is 12.4 Å². The third-order valence-electron chi connectivity index (χ3n) is 4.39. The number of hydrogen-bond donors (Lipinski definition) is 1. The van der Waals surface area contributed by atoms with Crippen molar-refractivity contribution in [3.8, 4) is 0 Å². The molecule has 1 aliphatic heterocycles. The Morgan fingerprint density at radius 1 is 1.17 bits per heavy atom. The van der Waals surface area contributed by atoms with Crippen molar-refractivity contribution in [1.82, 2.24) is 19.4 Å². The third kappa shape index (κ3) is 5.52. The topological polar surface area (TPSA) is 67.4 Å². The molecule has 0 unspecified atom stereocenters. The Balaban J connectivity index is 1.69. The summed E-state index contributed by atoms with van der Waals surface area (Å²) in [6, 6.07) is 0. The molecule has 1 aromatic rings. The predicted octanol–water partition coefficient (Wildman–Crippen LogP) is 1.83. The normalized spacial score (nSPS) is 16.1. The van der Waals surface area contributed by atoms with E-state index in [2.05, 4.69) is 9.88 Å². The molecule has 0 radical (unpaired) electrons. The SMILES string of the molecule is NCCCCCCC(=O)N1CCN(Cc2nccn2C(F)F)CC1. The Kier molecular flexibility index (Phi) is 7.58. The van der Waals surface area contributed by atoms with E-state index in [1.165, 1.54) is 12.4 Å². The zero-order valence-electron chi connectivity index (χ0n) is 14.0. The number of nitrogens with two attached hydrogens (primary N) is 1. The van der Waals surface area contributed by atoms with Gasteiger partial charge >= 0.3 is 6.55 Å². The second kappa shape index (κ2) is 9.68. The van der Waals surface area contributed by atoms with Gasteiger partial charge in [-0.3, -0.25) is 14.3 Å². The van der Waals surface area contributed by atoms with E-state index in [9.17, 15) is 13.6 Å². The molecule has 2 N–H and O–H groups in total. The molecule has 1 aromatic heterocycles. The minimum absolute atomic E-state index is 0.191. The molecule has 1 aliphatic rings. The van der Waals surface area contributed by atoms with Crippen molar-refractivity contribution in [1.29, 1.82) is 0 Å². The smallest absolute Gasteiger partial charge is 0.319 e. The molecule has 8 heteroatoms. The molecule has 0 bridgehead atoms. The first-order valence-electron chi connectivity index (χ1n) is 8.62. The first-order valence-corrected chi connectivity index (χ1v) is 8.62. The number of unbranched alkanes of at least 4 members (excludes halogenated alkanes) is 3. The molecule has 24 heavy (non-hydrogen) atoms. The van der Waals surface area contributed by atoms with Gasteiger partial charge in [0.05, 0.1) is 6.54 Å². The van der Waals surface area contributed by atoms with Crippen LogP contribution >= 0.6 is 0 Å². The summed E-state index contributed by atoms with van der Waals surface area (Å²) in [5.41, 5.74) is 5.45. The van der Waals surface area contributed by atoms with Crippen molar-refractivity contribution >= 4 is 5.91 Å². The third-order valence-corrected chi connectivity index (χ3v) is 4.39. The van der Waals surface area contributed by atoms with Crippen LogP contribution in [0.1, 0.15) is 44.5 Å². The van der Waals surface area contributed by atoms with E-state index in [4.69, 9.17) is 5.73 Å². The van der Waals surface area contributed by atoms with E-state index in [1.54, 1.807) is 0 Å². The highest BCUT2D eigenvalue weighted by atomic mass is 19.3. The van der Waals surface area contributed by atoms with Gasteiger partial charge in [-0.1, -0.05) is 12.8 Å². The number of aromatic nitrogens is 2. The molecule has 2 heterocycles. The van der Waals surface area contributed by atoms with Crippen LogP contribution in [0.4, 0.5) is 8.78 Å². The zero-order valence-corrected chi connectivity index (χ0v) is 14.0. The molecule has 0 aromatic carbocycles. The first-order chi connectivity index (χ1) is 11.6. The second-order valence-corrected chi connectivity index (χ2v) is 6.14. The lowest BCUT2D eigenvalue weighted by Crippen LogP contribution is -2.48. The average molecular weight is 343 g/mol. The van der Waals surface area contributed by atoms with Gasteiger partial charge in [-0.2, -0.15) is 8.78 Å². The summed E-state index contributed by atoms with van der Waals surface area (Å²) in [4.78, 5) is 20.1. The molecule has 1 fully saturated rings. The molecule has 1 saturated heterocycles. The number of carbonyl (C=O) groups excluding carboxylic acids is 1. The van der Waals surface area contributed by atoms with Crippen molar-refractivity contribution in [2.24, 2.45) is 5.73 Å². The van der Waals surface area contributed by atoms with Gasteiger partial charge in [0, 0.05) is 45.0 Å². The standard InChI is InChI=1S/C16H27F2N5O/c17-16(18)23-8-7-20-14(23)13-21-9-11-22(12-10-21)15(24)5-3-1-2-4-6-19/h7-8,16H,1-6,9-13,19H2. The minimum atomic E-state index is -2.57. The number of piperazine rings is 1. The number of hydrogen-bond acceptors (Lipinski definition) is 4. The molecule has 1 amide bonds. The Hall–Kier alpha value is -1.54. The molecule has 0 saturated carbocycles. The summed E-state index contributed by atoms with van der Waals surface area (Å²) in [5.74, 6) is 0.557. The van der Waals surface area contributed by atoms with E-state index in [-0.39, 0.29) is 5.91 Å². The monoisotopic (exact) mass is 343 g/mol. The number of halogens is 2. The van der Waals surface area contributed by atoms with Gasteiger partial charge in [0.2, 0.25) is 5.91 Å². The van der Waals surface area contributed by atoms with E-state index in [0.29, 0.717) is 51.5 Å². The van der Waals surface area contributed by atoms with E-state index < -0.39 is 6.55 Å². The van der Waals surface area contributed by atoms with Crippen molar-refractivity contribution in [2.75, 3.05) is 32.7 Å². The summed E-state index contributed by atoms with van der Waals surface area (Å²) in [6.07, 6.45) is 7.32. The molecule has 6 nitrogen and oxygen atoms in total. The number of carbonyl (C=O) groups is 1. The molecular formula is C16H27F2N5O. The van der Waals surface area contributed by atoms with E-state index >= 15 is 0 Å². The lowest BCUT2D eigenvalue weighted by Gasteiger charge is -2.34. The summed E-state index contributed by atoms with van der Waals surface area (Å²) in [7, 11) is 0. The highest BCUT2D eigenvalue weighted by molar-refractivity contribution is 5.76. The van der Waals surface area contributed by atoms with E-state index in [1.807, 2.05) is 4.90 Å². The zero-order chi connectivity index (χ0) is 17.4. The molecule has 0 spiro atoms. The maximum absolute atomic E-state index is 12.8. The number of amides is 1. The van der Waals surface area contributed by atoms with Crippen LogP contribution in [0.25, 0.3) is 0 Å². The van der Waals surface area contributed by atoms with Gasteiger partial charge in [0.25, 0.3) is 0 Å². The summed E-state index contributed by atoms with van der Waals surface area (Å²) in [6.45, 7) is 1.21.